The van der Waals surface area contributed by atoms with E-state index in [4.69, 9.17) is 18.0 Å². The second kappa shape index (κ2) is 5.14. The van der Waals surface area contributed by atoms with Crippen LogP contribution in [0.3, 0.4) is 0 Å². The van der Waals surface area contributed by atoms with E-state index in [1.54, 1.807) is 21.3 Å². The Morgan fingerprint density at radius 1 is 1.06 bits per heavy atom. The Labute approximate surface area is 98.6 Å². The minimum absolute atomic E-state index is 0.558. The zero-order valence-corrected chi connectivity index (χ0v) is 11.4. The van der Waals surface area contributed by atoms with Gasteiger partial charge in [-0.3, -0.25) is 0 Å². The van der Waals surface area contributed by atoms with Crippen molar-refractivity contribution in [2.75, 3.05) is 21.3 Å². The molecule has 0 unspecified atom stereocenters. The Hall–Kier alpha value is 0.0569. The zero-order valence-electron chi connectivity index (χ0n) is 10.4. The molecule has 0 amide bonds. The van der Waals surface area contributed by atoms with E-state index in [2.05, 4.69) is 0 Å². The normalized spacial score (nSPS) is 33.6. The van der Waals surface area contributed by atoms with Crippen molar-refractivity contribution in [1.29, 1.82) is 0 Å². The van der Waals surface area contributed by atoms with Crippen molar-refractivity contribution in [2.45, 2.75) is 43.9 Å². The Bertz CT molecular complexity index is 224. The summed E-state index contributed by atoms with van der Waals surface area (Å²) in [6.45, 7) is 0. The summed E-state index contributed by atoms with van der Waals surface area (Å²) in [6, 6.07) is 0.915. The summed E-state index contributed by atoms with van der Waals surface area (Å²) in [5.74, 6) is 0.760. The average Bonchev–Trinajstić information content (AvgIpc) is 3.10. The van der Waals surface area contributed by atoms with Crippen molar-refractivity contribution in [1.82, 2.24) is 0 Å². The smallest absolute Gasteiger partial charge is 0.377 e. The lowest BCUT2D eigenvalue weighted by Crippen LogP contribution is -2.43. The molecular weight excluding hydrogens is 224 g/mol. The van der Waals surface area contributed by atoms with Gasteiger partial charge in [0, 0.05) is 27.4 Å². The lowest BCUT2D eigenvalue weighted by Gasteiger charge is -2.27. The van der Waals surface area contributed by atoms with Crippen LogP contribution in [-0.4, -0.2) is 42.3 Å². The molecule has 0 aromatic carbocycles. The fourth-order valence-electron chi connectivity index (χ4n) is 2.69. The highest BCUT2D eigenvalue weighted by Crippen LogP contribution is 2.41. The van der Waals surface area contributed by atoms with Gasteiger partial charge >= 0.3 is 8.80 Å². The molecule has 16 heavy (non-hydrogen) atoms. The first kappa shape index (κ1) is 12.5. The predicted molar refractivity (Wildman–Crippen MR) is 62.2 cm³/mol. The molecule has 0 radical (unpaired) electrons. The SMILES string of the molecule is CO[Si](CC[C@@H]1CC[C@@H]2O[C@H]2C1)(OC)OC. The first-order chi connectivity index (χ1) is 7.73. The van der Waals surface area contributed by atoms with E-state index in [9.17, 15) is 0 Å². The van der Waals surface area contributed by atoms with Gasteiger partial charge in [0.15, 0.2) is 0 Å². The summed E-state index contributed by atoms with van der Waals surface area (Å²) >= 11 is 0. The number of epoxide rings is 1. The van der Waals surface area contributed by atoms with Crippen molar-refractivity contribution in [3.05, 3.63) is 0 Å². The molecule has 0 bridgehead atoms. The lowest BCUT2D eigenvalue weighted by atomic mass is 9.88. The van der Waals surface area contributed by atoms with Crippen LogP contribution in [0.4, 0.5) is 0 Å². The van der Waals surface area contributed by atoms with Gasteiger partial charge in [0.25, 0.3) is 0 Å². The fourth-order valence-corrected chi connectivity index (χ4v) is 4.56. The molecule has 2 rings (SSSR count). The first-order valence-corrected chi connectivity index (χ1v) is 7.97. The van der Waals surface area contributed by atoms with Gasteiger partial charge in [0.05, 0.1) is 12.2 Å². The molecule has 1 saturated heterocycles. The van der Waals surface area contributed by atoms with E-state index in [1.165, 1.54) is 19.3 Å². The summed E-state index contributed by atoms with van der Waals surface area (Å²) < 4.78 is 21.8. The Morgan fingerprint density at radius 2 is 1.75 bits per heavy atom. The number of fused-ring (bicyclic) bond motifs is 1. The summed E-state index contributed by atoms with van der Waals surface area (Å²) in [5, 5.41) is 0. The van der Waals surface area contributed by atoms with Crippen LogP contribution in [0.15, 0.2) is 0 Å². The molecular formula is C11H22O4Si. The second-order valence-corrected chi connectivity index (χ2v) is 7.82. The summed E-state index contributed by atoms with van der Waals surface area (Å²) in [4.78, 5) is 0. The van der Waals surface area contributed by atoms with E-state index in [0.29, 0.717) is 12.2 Å². The number of hydrogen-bond donors (Lipinski definition) is 0. The molecule has 94 valence electrons. The monoisotopic (exact) mass is 246 g/mol. The topological polar surface area (TPSA) is 40.2 Å². The molecule has 0 aromatic heterocycles. The standard InChI is InChI=1S/C11H22O4Si/c1-12-16(13-2,14-3)7-6-9-4-5-10-11(8-9)15-10/h9-11H,4-8H2,1-3H3/t9-,10-,11-/m0/s1. The highest BCUT2D eigenvalue weighted by atomic mass is 28.4. The van der Waals surface area contributed by atoms with Gasteiger partial charge in [-0.1, -0.05) is 0 Å². The maximum absolute atomic E-state index is 5.54. The minimum atomic E-state index is -2.35. The van der Waals surface area contributed by atoms with Gasteiger partial charge in [-0.15, -0.1) is 0 Å². The van der Waals surface area contributed by atoms with Gasteiger partial charge in [-0.25, -0.2) is 0 Å². The Morgan fingerprint density at radius 3 is 2.31 bits per heavy atom. The van der Waals surface area contributed by atoms with Gasteiger partial charge in [-0.2, -0.15) is 0 Å². The molecule has 0 aromatic rings. The van der Waals surface area contributed by atoms with E-state index in [-0.39, 0.29) is 0 Å². The van der Waals surface area contributed by atoms with Crippen LogP contribution in [-0.2, 0) is 18.0 Å². The fraction of sp³-hybridized carbons (Fsp3) is 1.00. The van der Waals surface area contributed by atoms with Crippen LogP contribution in [0, 0.1) is 5.92 Å². The maximum Gasteiger partial charge on any atom is 0.500 e. The summed E-state index contributed by atoms with van der Waals surface area (Å²) in [6.07, 6.45) is 6.01. The zero-order chi connectivity index (χ0) is 11.6. The quantitative estimate of drug-likeness (QED) is 0.529. The van der Waals surface area contributed by atoms with Crippen molar-refractivity contribution in [3.63, 3.8) is 0 Å². The molecule has 4 nitrogen and oxygen atoms in total. The number of hydrogen-bond acceptors (Lipinski definition) is 4. The third kappa shape index (κ3) is 2.65. The molecule has 3 atom stereocenters. The molecule has 0 spiro atoms. The van der Waals surface area contributed by atoms with E-state index >= 15 is 0 Å². The van der Waals surface area contributed by atoms with Crippen LogP contribution in [0.1, 0.15) is 25.7 Å². The summed E-state index contributed by atoms with van der Waals surface area (Å²) in [5.41, 5.74) is 0. The first-order valence-electron chi connectivity index (χ1n) is 6.04. The average molecular weight is 246 g/mol. The number of rotatable bonds is 6. The van der Waals surface area contributed by atoms with Crippen LogP contribution >= 0.6 is 0 Å². The molecule has 1 saturated carbocycles. The Kier molecular flexibility index (Phi) is 4.02. The minimum Gasteiger partial charge on any atom is -0.377 e. The van der Waals surface area contributed by atoms with Gasteiger partial charge in [0.2, 0.25) is 0 Å². The predicted octanol–water partition coefficient (Wildman–Crippen LogP) is 1.82. The maximum atomic E-state index is 5.54. The Balaban J connectivity index is 1.76. The van der Waals surface area contributed by atoms with Crippen molar-refractivity contribution < 1.29 is 18.0 Å². The van der Waals surface area contributed by atoms with Gasteiger partial charge in [0.1, 0.15) is 0 Å². The number of ether oxygens (including phenoxy) is 1. The van der Waals surface area contributed by atoms with Crippen LogP contribution in [0.2, 0.25) is 6.04 Å². The van der Waals surface area contributed by atoms with E-state index < -0.39 is 8.80 Å². The van der Waals surface area contributed by atoms with Crippen molar-refractivity contribution >= 4 is 8.80 Å². The summed E-state index contributed by atoms with van der Waals surface area (Å²) in [7, 11) is 2.69. The van der Waals surface area contributed by atoms with Crippen molar-refractivity contribution in [3.8, 4) is 0 Å². The third-order valence-electron chi connectivity index (χ3n) is 3.90. The highest BCUT2D eigenvalue weighted by molar-refractivity contribution is 6.60. The second-order valence-electron chi connectivity index (χ2n) is 4.73. The highest BCUT2D eigenvalue weighted by Gasteiger charge is 2.45. The van der Waals surface area contributed by atoms with Crippen LogP contribution in [0.25, 0.3) is 0 Å². The van der Waals surface area contributed by atoms with E-state index in [1.807, 2.05) is 0 Å². The van der Waals surface area contributed by atoms with Gasteiger partial charge < -0.3 is 18.0 Å². The van der Waals surface area contributed by atoms with E-state index in [0.717, 1.165) is 18.4 Å². The lowest BCUT2D eigenvalue weighted by molar-refractivity contribution is 0.120. The molecule has 2 fully saturated rings. The molecule has 1 aliphatic carbocycles. The third-order valence-corrected chi connectivity index (χ3v) is 6.67. The molecule has 5 heteroatoms. The molecule has 1 aliphatic heterocycles. The molecule has 2 aliphatic rings. The molecule has 0 N–H and O–H groups in total. The van der Waals surface area contributed by atoms with Gasteiger partial charge in [-0.05, 0) is 31.6 Å². The van der Waals surface area contributed by atoms with Crippen LogP contribution < -0.4 is 0 Å². The van der Waals surface area contributed by atoms with Crippen molar-refractivity contribution in [2.24, 2.45) is 5.92 Å². The van der Waals surface area contributed by atoms with Crippen LogP contribution in [0.5, 0.6) is 0 Å². The largest absolute Gasteiger partial charge is 0.500 e. The molecule has 1 heterocycles.